The van der Waals surface area contributed by atoms with Crippen LogP contribution in [-0.4, -0.2) is 9.78 Å². The van der Waals surface area contributed by atoms with Gasteiger partial charge in [-0.05, 0) is 12.1 Å². The van der Waals surface area contributed by atoms with Crippen molar-refractivity contribution in [3.05, 3.63) is 47.5 Å². The van der Waals surface area contributed by atoms with Gasteiger partial charge in [-0.25, -0.2) is 4.39 Å². The number of anilines is 1. The highest BCUT2D eigenvalue weighted by molar-refractivity contribution is 5.42. The van der Waals surface area contributed by atoms with Crippen molar-refractivity contribution in [3.8, 4) is 0 Å². The van der Waals surface area contributed by atoms with Gasteiger partial charge in [-0.15, -0.1) is 0 Å². The minimum absolute atomic E-state index is 0.0456. The molecule has 1 heterocycles. The molecule has 1 aromatic heterocycles. The fraction of sp³-hybridized carbons (Fsp3) is 0.182. The highest BCUT2D eigenvalue weighted by atomic mass is 19.4. The van der Waals surface area contributed by atoms with Crippen LogP contribution in [0.2, 0.25) is 0 Å². The van der Waals surface area contributed by atoms with E-state index in [0.29, 0.717) is 0 Å². The Labute approximate surface area is 99.8 Å². The van der Waals surface area contributed by atoms with E-state index in [1.807, 2.05) is 0 Å². The third-order valence-corrected chi connectivity index (χ3v) is 2.37. The number of rotatable bonds is 2. The Balaban J connectivity index is 2.24. The number of hydrogen-bond donors (Lipinski definition) is 1. The minimum atomic E-state index is -4.50. The molecule has 0 unspecified atom stereocenters. The number of benzene rings is 1. The Morgan fingerprint density at radius 3 is 2.56 bits per heavy atom. The first-order chi connectivity index (χ1) is 8.38. The highest BCUT2D eigenvalue weighted by Crippen LogP contribution is 2.27. The molecule has 0 fully saturated rings. The zero-order chi connectivity index (χ0) is 13.3. The van der Waals surface area contributed by atoms with Crippen LogP contribution in [0.5, 0.6) is 0 Å². The molecule has 0 atom stereocenters. The maximum Gasteiger partial charge on any atom is 0.435 e. The highest BCUT2D eigenvalue weighted by Gasteiger charge is 2.33. The van der Waals surface area contributed by atoms with Crippen molar-refractivity contribution in [1.82, 2.24) is 9.78 Å². The molecule has 0 aliphatic rings. The number of alkyl halides is 3. The second-order valence-electron chi connectivity index (χ2n) is 3.72. The molecular formula is C11H9F4N3. The van der Waals surface area contributed by atoms with Gasteiger partial charge in [0.2, 0.25) is 0 Å². The fourth-order valence-electron chi connectivity index (χ4n) is 1.50. The number of nitrogens with two attached hydrogens (primary N) is 1. The maximum absolute atomic E-state index is 13.5. The molecule has 0 bridgehead atoms. The molecule has 2 rings (SSSR count). The summed E-state index contributed by atoms with van der Waals surface area (Å²) in [5.74, 6) is -0.637. The van der Waals surface area contributed by atoms with Crippen molar-refractivity contribution in [2.24, 2.45) is 0 Å². The summed E-state index contributed by atoms with van der Waals surface area (Å²) < 4.78 is 51.5. The molecule has 0 amide bonds. The van der Waals surface area contributed by atoms with E-state index in [4.69, 9.17) is 5.73 Å². The molecule has 0 aliphatic heterocycles. The number of nitrogens with zero attached hydrogens (tertiary/aromatic N) is 2. The Bertz CT molecular complexity index is 560. The zero-order valence-corrected chi connectivity index (χ0v) is 9.08. The summed E-state index contributed by atoms with van der Waals surface area (Å²) in [6.07, 6.45) is -3.36. The summed E-state index contributed by atoms with van der Waals surface area (Å²) in [7, 11) is 0. The van der Waals surface area contributed by atoms with Crippen LogP contribution in [0.3, 0.4) is 0 Å². The van der Waals surface area contributed by atoms with Crippen LogP contribution in [0, 0.1) is 5.82 Å². The standard InChI is InChI=1S/C11H9F4N3/c12-10-7(2-1-3-8(10)16)6-18-5-4-9(17-18)11(13,14)15/h1-5H,6,16H2. The minimum Gasteiger partial charge on any atom is -0.396 e. The molecule has 18 heavy (non-hydrogen) atoms. The normalized spacial score (nSPS) is 11.8. The number of hydrogen-bond acceptors (Lipinski definition) is 2. The number of halogens is 4. The first kappa shape index (κ1) is 12.4. The lowest BCUT2D eigenvalue weighted by Crippen LogP contribution is -2.09. The van der Waals surface area contributed by atoms with Crippen molar-refractivity contribution < 1.29 is 17.6 Å². The predicted molar refractivity (Wildman–Crippen MR) is 57.1 cm³/mol. The van der Waals surface area contributed by atoms with Crippen LogP contribution >= 0.6 is 0 Å². The van der Waals surface area contributed by atoms with Gasteiger partial charge in [0.1, 0.15) is 0 Å². The van der Waals surface area contributed by atoms with Gasteiger partial charge < -0.3 is 5.73 Å². The SMILES string of the molecule is Nc1cccc(Cn2ccc(C(F)(F)F)n2)c1F. The van der Waals surface area contributed by atoms with Gasteiger partial charge in [-0.2, -0.15) is 18.3 Å². The first-order valence-electron chi connectivity index (χ1n) is 5.01. The quantitative estimate of drug-likeness (QED) is 0.665. The summed E-state index contributed by atoms with van der Waals surface area (Å²) in [6.45, 7) is -0.104. The van der Waals surface area contributed by atoms with Crippen molar-refractivity contribution >= 4 is 5.69 Å². The van der Waals surface area contributed by atoms with Crippen molar-refractivity contribution in [2.75, 3.05) is 5.73 Å². The number of aromatic nitrogens is 2. The molecule has 3 nitrogen and oxygen atoms in total. The van der Waals surface area contributed by atoms with E-state index in [-0.39, 0.29) is 17.8 Å². The Morgan fingerprint density at radius 1 is 1.22 bits per heavy atom. The van der Waals surface area contributed by atoms with E-state index in [1.165, 1.54) is 18.2 Å². The van der Waals surface area contributed by atoms with Crippen molar-refractivity contribution in [3.63, 3.8) is 0 Å². The second kappa shape index (κ2) is 4.32. The lowest BCUT2D eigenvalue weighted by Gasteiger charge is -2.06. The topological polar surface area (TPSA) is 43.8 Å². The van der Waals surface area contributed by atoms with Gasteiger partial charge in [0.15, 0.2) is 11.5 Å². The number of nitrogen functional groups attached to an aromatic ring is 1. The van der Waals surface area contributed by atoms with E-state index in [2.05, 4.69) is 5.10 Å². The smallest absolute Gasteiger partial charge is 0.396 e. The second-order valence-corrected chi connectivity index (χ2v) is 3.72. The van der Waals surface area contributed by atoms with Crippen LogP contribution in [0.15, 0.2) is 30.5 Å². The molecule has 2 aromatic rings. The molecule has 2 N–H and O–H groups in total. The Morgan fingerprint density at radius 2 is 1.94 bits per heavy atom. The molecule has 1 aromatic carbocycles. The van der Waals surface area contributed by atoms with Gasteiger partial charge in [0, 0.05) is 11.8 Å². The lowest BCUT2D eigenvalue weighted by molar-refractivity contribution is -0.141. The fourth-order valence-corrected chi connectivity index (χ4v) is 1.50. The lowest BCUT2D eigenvalue weighted by atomic mass is 10.2. The monoisotopic (exact) mass is 259 g/mol. The maximum atomic E-state index is 13.5. The van der Waals surface area contributed by atoms with Crippen LogP contribution in [0.25, 0.3) is 0 Å². The average Bonchev–Trinajstić information content (AvgIpc) is 2.73. The summed E-state index contributed by atoms with van der Waals surface area (Å²) in [5.41, 5.74) is 4.50. The van der Waals surface area contributed by atoms with Crippen LogP contribution in [-0.2, 0) is 12.7 Å². The third kappa shape index (κ3) is 2.44. The van der Waals surface area contributed by atoms with E-state index in [0.717, 1.165) is 16.9 Å². The molecule has 96 valence electrons. The van der Waals surface area contributed by atoms with Gasteiger partial charge >= 0.3 is 6.18 Å². The molecule has 0 aliphatic carbocycles. The molecule has 7 heteroatoms. The van der Waals surface area contributed by atoms with E-state index in [9.17, 15) is 17.6 Å². The molecular weight excluding hydrogens is 250 g/mol. The van der Waals surface area contributed by atoms with E-state index < -0.39 is 17.7 Å². The third-order valence-electron chi connectivity index (χ3n) is 2.37. The molecule has 0 saturated heterocycles. The van der Waals surface area contributed by atoms with Crippen LogP contribution in [0.1, 0.15) is 11.3 Å². The van der Waals surface area contributed by atoms with Gasteiger partial charge in [-0.1, -0.05) is 12.1 Å². The van der Waals surface area contributed by atoms with Gasteiger partial charge in [0.25, 0.3) is 0 Å². The average molecular weight is 259 g/mol. The molecule has 0 radical (unpaired) electrons. The van der Waals surface area contributed by atoms with Gasteiger partial charge in [-0.3, -0.25) is 4.68 Å². The molecule has 0 saturated carbocycles. The largest absolute Gasteiger partial charge is 0.435 e. The van der Waals surface area contributed by atoms with Crippen LogP contribution < -0.4 is 5.73 Å². The zero-order valence-electron chi connectivity index (χ0n) is 9.08. The van der Waals surface area contributed by atoms with E-state index in [1.54, 1.807) is 0 Å². The summed E-state index contributed by atoms with van der Waals surface area (Å²) in [4.78, 5) is 0. The summed E-state index contributed by atoms with van der Waals surface area (Å²) in [6, 6.07) is 5.19. The Hall–Kier alpha value is -2.05. The van der Waals surface area contributed by atoms with Crippen molar-refractivity contribution in [2.45, 2.75) is 12.7 Å². The molecule has 0 spiro atoms. The van der Waals surface area contributed by atoms with Crippen LogP contribution in [0.4, 0.5) is 23.2 Å². The first-order valence-corrected chi connectivity index (χ1v) is 5.01. The summed E-state index contributed by atoms with van der Waals surface area (Å²) in [5, 5.41) is 3.33. The summed E-state index contributed by atoms with van der Waals surface area (Å²) >= 11 is 0. The van der Waals surface area contributed by atoms with E-state index >= 15 is 0 Å². The predicted octanol–water partition coefficient (Wildman–Crippen LogP) is 2.67. The van der Waals surface area contributed by atoms with Gasteiger partial charge in [0.05, 0.1) is 12.2 Å². The van der Waals surface area contributed by atoms with Crippen molar-refractivity contribution in [1.29, 1.82) is 0 Å². The Kier molecular flexibility index (Phi) is 2.98.